The Morgan fingerprint density at radius 2 is 1.82 bits per heavy atom. The number of nitrogens with zero attached hydrogens (tertiary/aromatic N) is 4. The van der Waals surface area contributed by atoms with E-state index in [1.807, 2.05) is 30.6 Å². The number of amidine groups is 1. The van der Waals surface area contributed by atoms with Gasteiger partial charge in [-0.1, -0.05) is 23.9 Å². The van der Waals surface area contributed by atoms with E-state index in [0.29, 0.717) is 5.82 Å². The molecule has 4 rings (SSSR count). The van der Waals surface area contributed by atoms with Gasteiger partial charge in [-0.15, -0.1) is 0 Å². The van der Waals surface area contributed by atoms with Gasteiger partial charge in [0.15, 0.2) is 5.17 Å². The van der Waals surface area contributed by atoms with Crippen LogP contribution in [0.2, 0.25) is 0 Å². The Morgan fingerprint density at radius 3 is 2.43 bits per heavy atom. The van der Waals surface area contributed by atoms with Crippen LogP contribution in [0.25, 0.3) is 5.57 Å². The minimum absolute atomic E-state index is 0.0476. The number of rotatable bonds is 4. The zero-order valence-corrected chi connectivity index (χ0v) is 16.3. The monoisotopic (exact) mass is 393 g/mol. The lowest BCUT2D eigenvalue weighted by Crippen LogP contribution is -2.32. The highest BCUT2D eigenvalue weighted by Crippen LogP contribution is 2.44. The summed E-state index contributed by atoms with van der Waals surface area (Å²) in [6.45, 7) is 0. The Morgan fingerprint density at radius 1 is 1.14 bits per heavy atom. The highest BCUT2D eigenvalue weighted by molar-refractivity contribution is 8.16. The lowest BCUT2D eigenvalue weighted by Gasteiger charge is -2.34. The first kappa shape index (κ1) is 18.1. The van der Waals surface area contributed by atoms with Gasteiger partial charge in [-0.2, -0.15) is 0 Å². The van der Waals surface area contributed by atoms with Crippen LogP contribution in [0.3, 0.4) is 0 Å². The normalized spacial score (nSPS) is 18.1. The maximum absolute atomic E-state index is 11.0. The van der Waals surface area contributed by atoms with E-state index in [-0.39, 0.29) is 11.7 Å². The summed E-state index contributed by atoms with van der Waals surface area (Å²) in [5, 5.41) is 13.8. The predicted molar refractivity (Wildman–Crippen MR) is 114 cm³/mol. The molecule has 2 aliphatic heterocycles. The first-order valence-corrected chi connectivity index (χ1v) is 9.56. The van der Waals surface area contributed by atoms with Gasteiger partial charge in [0.2, 0.25) is 0 Å². The molecule has 0 amide bonds. The molecule has 0 aromatic heterocycles. The van der Waals surface area contributed by atoms with Crippen LogP contribution in [-0.2, 0) is 0 Å². The Bertz CT molecular complexity index is 1010. The predicted octanol–water partition coefficient (Wildman–Crippen LogP) is 3.92. The van der Waals surface area contributed by atoms with Crippen molar-refractivity contribution in [2.45, 2.75) is 6.04 Å². The number of thioether (sulfide) groups is 1. The van der Waals surface area contributed by atoms with E-state index in [2.05, 4.69) is 34.2 Å². The summed E-state index contributed by atoms with van der Waals surface area (Å²) in [5.74, 6) is 0.429. The number of hydrogen-bond acceptors (Lipinski definition) is 7. The van der Waals surface area contributed by atoms with E-state index in [9.17, 15) is 10.1 Å². The van der Waals surface area contributed by atoms with E-state index in [4.69, 9.17) is 5.73 Å². The van der Waals surface area contributed by atoms with Crippen LogP contribution in [0.5, 0.6) is 0 Å². The fourth-order valence-corrected chi connectivity index (χ4v) is 4.11. The molecule has 0 aliphatic carbocycles. The third-order valence-electron chi connectivity index (χ3n) is 4.77. The van der Waals surface area contributed by atoms with Crippen LogP contribution in [-0.4, -0.2) is 29.1 Å². The summed E-state index contributed by atoms with van der Waals surface area (Å²) in [5.41, 5.74) is 10.2. The molecule has 2 aliphatic rings. The second-order valence-electron chi connectivity index (χ2n) is 6.70. The number of anilines is 1. The molecule has 2 heterocycles. The molecule has 0 saturated heterocycles. The molecule has 2 aromatic carbocycles. The number of hydrogen-bond donors (Lipinski definition) is 1. The highest BCUT2D eigenvalue weighted by atomic mass is 32.2. The molecule has 0 saturated carbocycles. The SMILES string of the molecule is CN(C)c1ccc(C2C(c3ccc([N+](=O)[O-])cc3)=C(N)N=C3SC=CN32)cc1. The maximum atomic E-state index is 11.0. The van der Waals surface area contributed by atoms with E-state index in [0.717, 1.165) is 27.6 Å². The zero-order chi connectivity index (χ0) is 19.8. The molecule has 0 radical (unpaired) electrons. The molecule has 8 heteroatoms. The molecule has 0 bridgehead atoms. The van der Waals surface area contributed by atoms with Crippen molar-refractivity contribution < 1.29 is 4.92 Å². The molecule has 0 fully saturated rings. The highest BCUT2D eigenvalue weighted by Gasteiger charge is 2.34. The Labute approximate surface area is 167 Å². The van der Waals surface area contributed by atoms with Crippen LogP contribution in [0.4, 0.5) is 11.4 Å². The van der Waals surface area contributed by atoms with Gasteiger partial charge in [-0.3, -0.25) is 10.1 Å². The number of nitro benzene ring substituents is 1. The molecule has 28 heavy (non-hydrogen) atoms. The molecule has 2 N–H and O–H groups in total. The van der Waals surface area contributed by atoms with Crippen molar-refractivity contribution in [1.29, 1.82) is 0 Å². The molecular formula is C20H19N5O2S. The third kappa shape index (κ3) is 3.11. The van der Waals surface area contributed by atoms with Crippen molar-refractivity contribution >= 4 is 33.9 Å². The van der Waals surface area contributed by atoms with Gasteiger partial charge in [0.25, 0.3) is 5.69 Å². The van der Waals surface area contributed by atoms with E-state index < -0.39 is 4.92 Å². The number of benzene rings is 2. The van der Waals surface area contributed by atoms with Crippen molar-refractivity contribution in [3.05, 3.63) is 87.2 Å². The number of non-ortho nitro benzene ring substituents is 1. The first-order chi connectivity index (χ1) is 13.5. The molecule has 0 spiro atoms. The van der Waals surface area contributed by atoms with Crippen molar-refractivity contribution in [1.82, 2.24) is 4.90 Å². The average Bonchev–Trinajstić information content (AvgIpc) is 3.15. The maximum Gasteiger partial charge on any atom is 0.269 e. The summed E-state index contributed by atoms with van der Waals surface area (Å²) >= 11 is 1.52. The zero-order valence-electron chi connectivity index (χ0n) is 15.4. The van der Waals surface area contributed by atoms with Crippen LogP contribution in [0.1, 0.15) is 17.2 Å². The smallest absolute Gasteiger partial charge is 0.269 e. The van der Waals surface area contributed by atoms with Gasteiger partial charge < -0.3 is 15.5 Å². The van der Waals surface area contributed by atoms with Crippen molar-refractivity contribution in [2.75, 3.05) is 19.0 Å². The first-order valence-electron chi connectivity index (χ1n) is 8.68. The Hall–Kier alpha value is -3.26. The standard InChI is InChI=1S/C20H19N5O2S/c1-23(2)15-7-5-14(6-8-15)18-17(13-3-9-16(10-4-13)25(26)27)19(21)22-20-24(18)11-12-28-20/h3-12,18H,21H2,1-2H3. The largest absolute Gasteiger partial charge is 0.383 e. The summed E-state index contributed by atoms with van der Waals surface area (Å²) < 4.78 is 0. The fraction of sp³-hybridized carbons (Fsp3) is 0.150. The Balaban J connectivity index is 1.81. The van der Waals surface area contributed by atoms with E-state index in [1.54, 1.807) is 12.1 Å². The van der Waals surface area contributed by atoms with Gasteiger partial charge in [-0.05, 0) is 40.8 Å². The van der Waals surface area contributed by atoms with E-state index >= 15 is 0 Å². The van der Waals surface area contributed by atoms with Crippen molar-refractivity contribution in [3.8, 4) is 0 Å². The minimum Gasteiger partial charge on any atom is -0.383 e. The van der Waals surface area contributed by atoms with Crippen LogP contribution in [0, 0.1) is 10.1 Å². The number of fused-ring (bicyclic) bond motifs is 1. The molecular weight excluding hydrogens is 374 g/mol. The summed E-state index contributed by atoms with van der Waals surface area (Å²) in [4.78, 5) is 19.3. The molecule has 1 atom stereocenters. The summed E-state index contributed by atoms with van der Waals surface area (Å²) in [7, 11) is 4.00. The lowest BCUT2D eigenvalue weighted by molar-refractivity contribution is -0.384. The fourth-order valence-electron chi connectivity index (χ4n) is 3.35. The number of nitrogens with two attached hydrogens (primary N) is 1. The van der Waals surface area contributed by atoms with Crippen molar-refractivity contribution in [3.63, 3.8) is 0 Å². The summed E-state index contributed by atoms with van der Waals surface area (Å²) in [6, 6.07) is 14.6. The van der Waals surface area contributed by atoms with Crippen molar-refractivity contribution in [2.24, 2.45) is 10.7 Å². The molecule has 2 aromatic rings. The quantitative estimate of drug-likeness (QED) is 0.626. The van der Waals surface area contributed by atoms with Gasteiger partial charge in [0.1, 0.15) is 5.82 Å². The van der Waals surface area contributed by atoms with Crippen LogP contribution in [0.15, 0.2) is 71.0 Å². The number of nitro groups is 1. The second-order valence-corrected chi connectivity index (χ2v) is 7.57. The lowest BCUT2D eigenvalue weighted by atomic mass is 9.90. The topological polar surface area (TPSA) is 88.0 Å². The van der Waals surface area contributed by atoms with Crippen LogP contribution >= 0.6 is 11.8 Å². The van der Waals surface area contributed by atoms with Gasteiger partial charge >= 0.3 is 0 Å². The molecule has 7 nitrogen and oxygen atoms in total. The average molecular weight is 393 g/mol. The number of aliphatic imine (C=N–C) groups is 1. The van der Waals surface area contributed by atoms with E-state index in [1.165, 1.54) is 23.9 Å². The molecule has 1 unspecified atom stereocenters. The summed E-state index contributed by atoms with van der Waals surface area (Å²) in [6.07, 6.45) is 1.99. The van der Waals surface area contributed by atoms with Gasteiger partial charge in [0, 0.05) is 43.7 Å². The third-order valence-corrected chi connectivity index (χ3v) is 5.54. The van der Waals surface area contributed by atoms with Gasteiger partial charge in [-0.25, -0.2) is 4.99 Å². The second kappa shape index (κ2) is 7.05. The Kier molecular flexibility index (Phi) is 4.56. The van der Waals surface area contributed by atoms with Crippen LogP contribution < -0.4 is 10.6 Å². The van der Waals surface area contributed by atoms with Gasteiger partial charge in [0.05, 0.1) is 11.0 Å². The molecule has 142 valence electrons. The minimum atomic E-state index is -0.407.